The van der Waals surface area contributed by atoms with Gasteiger partial charge >= 0.3 is 5.97 Å². The number of carbonyl (C=O) groups is 3. The normalized spacial score (nSPS) is 15.3. The van der Waals surface area contributed by atoms with Crippen molar-refractivity contribution in [3.8, 4) is 17.4 Å². The van der Waals surface area contributed by atoms with Crippen LogP contribution in [0.15, 0.2) is 57.5 Å². The van der Waals surface area contributed by atoms with Crippen molar-refractivity contribution in [3.05, 3.63) is 64.4 Å². The fraction of sp³-hybridized carbons (Fsp3) is 0.182. The van der Waals surface area contributed by atoms with E-state index in [4.69, 9.17) is 14.4 Å². The van der Waals surface area contributed by atoms with Crippen LogP contribution in [0.2, 0.25) is 0 Å². The van der Waals surface area contributed by atoms with E-state index in [0.29, 0.717) is 34.8 Å². The number of nitriles is 1. The number of nitrogens with zero attached hydrogens (tertiary/aromatic N) is 1. The molecule has 2 amide bonds. The number of imide groups is 1. The molecule has 0 unspecified atom stereocenters. The highest BCUT2D eigenvalue weighted by atomic mass is 16.5. The fourth-order valence-electron chi connectivity index (χ4n) is 2.82. The Balaban J connectivity index is 1.90. The Labute approximate surface area is 167 Å². The maximum atomic E-state index is 12.1. The number of nitrogens with one attached hydrogen (secondary N) is 1. The lowest BCUT2D eigenvalue weighted by molar-refractivity contribution is -0.126. The zero-order valence-electron chi connectivity index (χ0n) is 15.9. The van der Waals surface area contributed by atoms with E-state index in [-0.39, 0.29) is 11.1 Å². The number of hydrogen-bond acceptors (Lipinski definition) is 6. The second-order valence-electron chi connectivity index (χ2n) is 6.37. The van der Waals surface area contributed by atoms with E-state index in [2.05, 4.69) is 5.32 Å². The summed E-state index contributed by atoms with van der Waals surface area (Å²) in [6, 6.07) is 12.0. The van der Waals surface area contributed by atoms with Crippen molar-refractivity contribution < 1.29 is 23.5 Å². The lowest BCUT2D eigenvalue weighted by Crippen LogP contribution is -2.37. The highest BCUT2D eigenvalue weighted by Crippen LogP contribution is 2.27. The molecule has 0 fully saturated rings. The van der Waals surface area contributed by atoms with E-state index in [0.717, 1.165) is 6.42 Å². The van der Waals surface area contributed by atoms with Crippen molar-refractivity contribution in [2.24, 2.45) is 0 Å². The van der Waals surface area contributed by atoms with Gasteiger partial charge < -0.3 is 9.15 Å². The van der Waals surface area contributed by atoms with Crippen molar-refractivity contribution >= 4 is 23.9 Å². The standard InChI is InChI=1S/C22H18N2O5/c1-3-9-28-22(27)15-6-4-5-14(10-15)19-8-7-16(29-19)11-17-13(2)18(12-23)21(26)24-20(17)25/h4-8,10-11H,3,9H2,1-2H3,(H,24,25,26)/b17-11-. The third-order valence-corrected chi connectivity index (χ3v) is 4.32. The Morgan fingerprint density at radius 1 is 1.24 bits per heavy atom. The molecule has 7 heteroatoms. The lowest BCUT2D eigenvalue weighted by Gasteiger charge is -2.15. The monoisotopic (exact) mass is 390 g/mol. The van der Waals surface area contributed by atoms with Crippen molar-refractivity contribution in [1.29, 1.82) is 5.26 Å². The molecular formula is C22H18N2O5. The zero-order valence-corrected chi connectivity index (χ0v) is 15.9. The maximum absolute atomic E-state index is 12.1. The molecule has 29 heavy (non-hydrogen) atoms. The summed E-state index contributed by atoms with van der Waals surface area (Å²) in [5.41, 5.74) is 1.45. The molecule has 146 valence electrons. The van der Waals surface area contributed by atoms with Crippen LogP contribution in [-0.2, 0) is 14.3 Å². The molecule has 1 N–H and O–H groups in total. The summed E-state index contributed by atoms with van der Waals surface area (Å²) in [4.78, 5) is 35.9. The van der Waals surface area contributed by atoms with Gasteiger partial charge in [0.2, 0.25) is 0 Å². The molecular weight excluding hydrogens is 372 g/mol. The van der Waals surface area contributed by atoms with Crippen LogP contribution in [0.3, 0.4) is 0 Å². The Kier molecular flexibility index (Phi) is 5.74. The van der Waals surface area contributed by atoms with Crippen LogP contribution >= 0.6 is 0 Å². The zero-order chi connectivity index (χ0) is 21.0. The number of hydrogen-bond donors (Lipinski definition) is 1. The van der Waals surface area contributed by atoms with E-state index in [1.165, 1.54) is 13.0 Å². The van der Waals surface area contributed by atoms with Crippen LogP contribution in [0.1, 0.15) is 36.4 Å². The minimum absolute atomic E-state index is 0.110. The second kappa shape index (κ2) is 8.40. The van der Waals surface area contributed by atoms with Gasteiger partial charge in [0, 0.05) is 11.1 Å². The van der Waals surface area contributed by atoms with E-state index in [9.17, 15) is 14.4 Å². The summed E-state index contributed by atoms with van der Waals surface area (Å²) in [6.07, 6.45) is 2.21. The van der Waals surface area contributed by atoms with Gasteiger partial charge in [0.15, 0.2) is 0 Å². The Bertz CT molecular complexity index is 1100. The molecule has 0 spiro atoms. The molecule has 3 rings (SSSR count). The summed E-state index contributed by atoms with van der Waals surface area (Å²) in [7, 11) is 0. The number of rotatable bonds is 5. The molecule has 0 bridgehead atoms. The van der Waals surface area contributed by atoms with Gasteiger partial charge in [-0.2, -0.15) is 5.26 Å². The average molecular weight is 390 g/mol. The number of benzene rings is 1. The van der Waals surface area contributed by atoms with Crippen LogP contribution in [0, 0.1) is 11.3 Å². The summed E-state index contributed by atoms with van der Waals surface area (Å²) in [5, 5.41) is 11.2. The van der Waals surface area contributed by atoms with Crippen molar-refractivity contribution in [2.75, 3.05) is 6.61 Å². The largest absolute Gasteiger partial charge is 0.462 e. The quantitative estimate of drug-likeness (QED) is 0.476. The first-order valence-corrected chi connectivity index (χ1v) is 9.00. The highest BCUT2D eigenvalue weighted by molar-refractivity contribution is 6.19. The molecule has 0 aliphatic carbocycles. The minimum atomic E-state index is -0.709. The van der Waals surface area contributed by atoms with Crippen LogP contribution in [0.4, 0.5) is 0 Å². The number of ether oxygens (including phenoxy) is 1. The fourth-order valence-corrected chi connectivity index (χ4v) is 2.82. The number of esters is 1. The number of carbonyl (C=O) groups excluding carboxylic acids is 3. The van der Waals surface area contributed by atoms with Crippen LogP contribution < -0.4 is 5.32 Å². The Morgan fingerprint density at radius 2 is 2.03 bits per heavy atom. The highest BCUT2D eigenvalue weighted by Gasteiger charge is 2.27. The molecule has 0 radical (unpaired) electrons. The van der Waals surface area contributed by atoms with Gasteiger partial charge in [0.25, 0.3) is 11.8 Å². The first kappa shape index (κ1) is 19.8. The third kappa shape index (κ3) is 4.17. The van der Waals surface area contributed by atoms with E-state index < -0.39 is 17.8 Å². The SMILES string of the molecule is CCCOC(=O)c1cccc(-c2ccc(/C=C3\C(=O)NC(=O)C(C#N)=C3C)o2)c1. The van der Waals surface area contributed by atoms with Gasteiger partial charge in [-0.3, -0.25) is 14.9 Å². The molecule has 2 heterocycles. The summed E-state index contributed by atoms with van der Waals surface area (Å²) in [5.74, 6) is -0.841. The molecule has 1 aromatic heterocycles. The number of amides is 2. The van der Waals surface area contributed by atoms with Gasteiger partial charge in [-0.15, -0.1) is 0 Å². The predicted octanol–water partition coefficient (Wildman–Crippen LogP) is 3.39. The topological polar surface area (TPSA) is 109 Å². The summed E-state index contributed by atoms with van der Waals surface area (Å²) in [6.45, 7) is 3.81. The van der Waals surface area contributed by atoms with E-state index in [1.54, 1.807) is 42.5 Å². The molecule has 1 aliphatic heterocycles. The van der Waals surface area contributed by atoms with Crippen LogP contribution in [-0.4, -0.2) is 24.4 Å². The van der Waals surface area contributed by atoms with Crippen molar-refractivity contribution in [3.63, 3.8) is 0 Å². The van der Waals surface area contributed by atoms with Gasteiger partial charge in [-0.1, -0.05) is 19.1 Å². The van der Waals surface area contributed by atoms with Gasteiger partial charge in [-0.25, -0.2) is 4.79 Å². The van der Waals surface area contributed by atoms with Crippen LogP contribution in [0.25, 0.3) is 17.4 Å². The number of furan rings is 1. The Hall–Kier alpha value is -3.92. The van der Waals surface area contributed by atoms with Gasteiger partial charge in [-0.05, 0) is 49.3 Å². The second-order valence-corrected chi connectivity index (χ2v) is 6.37. The summed E-state index contributed by atoms with van der Waals surface area (Å²) >= 11 is 0. The molecule has 1 aliphatic rings. The first-order valence-electron chi connectivity index (χ1n) is 9.00. The predicted molar refractivity (Wildman–Crippen MR) is 104 cm³/mol. The Morgan fingerprint density at radius 3 is 2.76 bits per heavy atom. The lowest BCUT2D eigenvalue weighted by atomic mass is 9.96. The van der Waals surface area contributed by atoms with Gasteiger partial charge in [0.1, 0.15) is 23.2 Å². The van der Waals surface area contributed by atoms with E-state index >= 15 is 0 Å². The third-order valence-electron chi connectivity index (χ3n) is 4.32. The maximum Gasteiger partial charge on any atom is 0.338 e. The molecule has 7 nitrogen and oxygen atoms in total. The van der Waals surface area contributed by atoms with Crippen LogP contribution in [0.5, 0.6) is 0 Å². The molecule has 1 aromatic carbocycles. The molecule has 2 aromatic rings. The molecule has 0 atom stereocenters. The summed E-state index contributed by atoms with van der Waals surface area (Å²) < 4.78 is 10.9. The van der Waals surface area contributed by atoms with Crippen molar-refractivity contribution in [2.45, 2.75) is 20.3 Å². The van der Waals surface area contributed by atoms with Crippen molar-refractivity contribution in [1.82, 2.24) is 5.32 Å². The minimum Gasteiger partial charge on any atom is -0.462 e. The smallest absolute Gasteiger partial charge is 0.338 e. The van der Waals surface area contributed by atoms with Gasteiger partial charge in [0.05, 0.1) is 12.2 Å². The van der Waals surface area contributed by atoms with E-state index in [1.807, 2.05) is 6.92 Å². The first-order chi connectivity index (χ1) is 13.9. The molecule has 0 saturated heterocycles. The average Bonchev–Trinajstić information content (AvgIpc) is 3.18. The molecule has 0 saturated carbocycles.